The first-order valence-electron chi connectivity index (χ1n) is 3.67. The summed E-state index contributed by atoms with van der Waals surface area (Å²) in [6, 6.07) is 0. The Balaban J connectivity index is 4.30. The summed E-state index contributed by atoms with van der Waals surface area (Å²) in [6.07, 6.45) is 0.599. The lowest BCUT2D eigenvalue weighted by molar-refractivity contribution is -0.137. The van der Waals surface area contributed by atoms with Gasteiger partial charge in [-0.05, 0) is 27.2 Å². The van der Waals surface area contributed by atoms with Gasteiger partial charge < -0.3 is 0 Å². The number of hydrogen-bond acceptors (Lipinski definition) is 2. The Labute approximate surface area is 68.8 Å². The second-order valence-electron chi connectivity index (χ2n) is 3.14. The van der Waals surface area contributed by atoms with E-state index in [1.54, 1.807) is 13.8 Å². The van der Waals surface area contributed by atoms with Crippen LogP contribution in [0.25, 0.3) is 0 Å². The van der Waals surface area contributed by atoms with E-state index >= 15 is 0 Å². The van der Waals surface area contributed by atoms with Crippen molar-refractivity contribution < 1.29 is 9.59 Å². The Morgan fingerprint density at radius 1 is 1.36 bits per heavy atom. The Hall–Kier alpha value is -0.595. The molecule has 2 nitrogen and oxygen atoms in total. The molecule has 0 aromatic heterocycles. The van der Waals surface area contributed by atoms with Gasteiger partial charge in [0, 0.05) is 0 Å². The first kappa shape index (κ1) is 10.4. The highest BCUT2D eigenvalue weighted by Crippen LogP contribution is 2.19. The van der Waals surface area contributed by atoms with Crippen molar-refractivity contribution in [3.8, 4) is 0 Å². The summed E-state index contributed by atoms with van der Waals surface area (Å²) < 4.78 is 0. The predicted molar refractivity (Wildman–Crippen MR) is 44.6 cm³/mol. The largest absolute Gasteiger partial charge is 0.299 e. The zero-order valence-corrected chi connectivity index (χ0v) is 7.31. The quantitative estimate of drug-likeness (QED) is 0.447. The Morgan fingerprint density at radius 2 is 1.82 bits per heavy atom. The van der Waals surface area contributed by atoms with Crippen molar-refractivity contribution in [3.63, 3.8) is 0 Å². The van der Waals surface area contributed by atoms with Gasteiger partial charge in [0.2, 0.25) is 0 Å². The summed E-state index contributed by atoms with van der Waals surface area (Å²) in [5, 5.41) is 0. The first-order chi connectivity index (χ1) is 4.92. The maximum Gasteiger partial charge on any atom is 0.145 e. The molecule has 0 aromatic carbocycles. The van der Waals surface area contributed by atoms with Crippen molar-refractivity contribution in [2.45, 2.75) is 33.5 Å². The van der Waals surface area contributed by atoms with Gasteiger partial charge in [-0.1, -0.05) is 6.32 Å². The Kier molecular flexibility index (Phi) is 3.50. The molecule has 0 rings (SSSR count). The van der Waals surface area contributed by atoms with Crippen molar-refractivity contribution >= 4 is 19.4 Å². The fourth-order valence-corrected chi connectivity index (χ4v) is 0.640. The molecule has 11 heavy (non-hydrogen) atoms. The Bertz CT molecular complexity index is 173. The molecule has 0 bridgehead atoms. The standard InChI is InChI=1S/C8H13BO2/c1-6(10)8(2,3)7(11)4-5-9/h4-5H2,1-3H3. The second kappa shape index (κ2) is 3.70. The van der Waals surface area contributed by atoms with Crippen molar-refractivity contribution in [2.24, 2.45) is 5.41 Å². The van der Waals surface area contributed by atoms with Gasteiger partial charge in [-0.25, -0.2) is 0 Å². The molecule has 0 fully saturated rings. The van der Waals surface area contributed by atoms with Gasteiger partial charge in [0.25, 0.3) is 0 Å². The normalized spacial score (nSPS) is 11.2. The third-order valence-electron chi connectivity index (χ3n) is 1.95. The molecule has 0 heterocycles. The van der Waals surface area contributed by atoms with E-state index in [0.29, 0.717) is 6.32 Å². The van der Waals surface area contributed by atoms with E-state index in [1.165, 1.54) is 6.92 Å². The highest BCUT2D eigenvalue weighted by Gasteiger charge is 2.30. The van der Waals surface area contributed by atoms with E-state index in [1.807, 2.05) is 0 Å². The van der Waals surface area contributed by atoms with Crippen LogP contribution in [0, 0.1) is 5.41 Å². The molecule has 0 aliphatic heterocycles. The van der Waals surface area contributed by atoms with Crippen LogP contribution in [0.3, 0.4) is 0 Å². The second-order valence-corrected chi connectivity index (χ2v) is 3.14. The van der Waals surface area contributed by atoms with Crippen LogP contribution in [0.15, 0.2) is 0 Å². The Morgan fingerprint density at radius 3 is 2.09 bits per heavy atom. The van der Waals surface area contributed by atoms with E-state index in [9.17, 15) is 9.59 Å². The molecule has 0 unspecified atom stereocenters. The number of Topliss-reactive ketones (excluding diaryl/α,β-unsaturated/α-hetero) is 2. The molecule has 0 saturated heterocycles. The molecule has 0 aliphatic rings. The van der Waals surface area contributed by atoms with Gasteiger partial charge >= 0.3 is 0 Å². The minimum Gasteiger partial charge on any atom is -0.299 e. The molecule has 3 heteroatoms. The van der Waals surface area contributed by atoms with E-state index < -0.39 is 5.41 Å². The predicted octanol–water partition coefficient (Wildman–Crippen LogP) is 1.15. The molecule has 0 aromatic rings. The third-order valence-corrected chi connectivity index (χ3v) is 1.95. The SMILES string of the molecule is [B]CCC(=O)C(C)(C)C(C)=O. The zero-order chi connectivity index (χ0) is 9.07. The van der Waals surface area contributed by atoms with Crippen molar-refractivity contribution in [2.75, 3.05) is 0 Å². The smallest absolute Gasteiger partial charge is 0.145 e. The van der Waals surface area contributed by atoms with E-state index in [0.717, 1.165) is 0 Å². The summed E-state index contributed by atoms with van der Waals surface area (Å²) in [6.45, 7) is 4.69. The third kappa shape index (κ3) is 2.49. The fraction of sp³-hybridized carbons (Fsp3) is 0.750. The van der Waals surface area contributed by atoms with Gasteiger partial charge in [-0.3, -0.25) is 9.59 Å². The van der Waals surface area contributed by atoms with Crippen molar-refractivity contribution in [1.82, 2.24) is 0 Å². The molecule has 60 valence electrons. The maximum atomic E-state index is 11.2. The van der Waals surface area contributed by atoms with Crippen LogP contribution in [0.4, 0.5) is 0 Å². The summed E-state index contributed by atoms with van der Waals surface area (Å²) >= 11 is 0. The van der Waals surface area contributed by atoms with E-state index in [2.05, 4.69) is 0 Å². The van der Waals surface area contributed by atoms with Crippen LogP contribution in [-0.2, 0) is 9.59 Å². The van der Waals surface area contributed by atoms with Crippen LogP contribution in [0.2, 0.25) is 6.32 Å². The van der Waals surface area contributed by atoms with Gasteiger partial charge in [0.1, 0.15) is 11.6 Å². The monoisotopic (exact) mass is 152 g/mol. The minimum absolute atomic E-state index is 0.0764. The topological polar surface area (TPSA) is 34.1 Å². The highest BCUT2D eigenvalue weighted by molar-refractivity contribution is 6.12. The first-order valence-corrected chi connectivity index (χ1v) is 3.67. The molecule has 0 aliphatic carbocycles. The van der Waals surface area contributed by atoms with Gasteiger partial charge in [0.15, 0.2) is 0 Å². The zero-order valence-electron chi connectivity index (χ0n) is 7.31. The molecule has 0 saturated carbocycles. The molecule has 0 amide bonds. The fourth-order valence-electron chi connectivity index (χ4n) is 0.640. The average molecular weight is 152 g/mol. The summed E-state index contributed by atoms with van der Waals surface area (Å²) in [5.74, 6) is -0.177. The molecule has 0 spiro atoms. The van der Waals surface area contributed by atoms with Crippen LogP contribution in [-0.4, -0.2) is 19.4 Å². The number of carbonyl (C=O) groups excluding carboxylic acids is 2. The molecular formula is C8H13BO2. The van der Waals surface area contributed by atoms with Gasteiger partial charge in [0.05, 0.1) is 13.3 Å². The maximum absolute atomic E-state index is 11.2. The van der Waals surface area contributed by atoms with Gasteiger partial charge in [-0.15, -0.1) is 0 Å². The molecule has 0 N–H and O–H groups in total. The lowest BCUT2D eigenvalue weighted by Gasteiger charge is -2.18. The van der Waals surface area contributed by atoms with Crippen LogP contribution >= 0.6 is 0 Å². The molecule has 2 radical (unpaired) electrons. The molecular weight excluding hydrogens is 139 g/mol. The number of rotatable bonds is 4. The number of hydrogen-bond donors (Lipinski definition) is 0. The molecule has 0 atom stereocenters. The van der Waals surface area contributed by atoms with Crippen LogP contribution in [0.1, 0.15) is 27.2 Å². The average Bonchev–Trinajstić information content (AvgIpc) is 1.88. The van der Waals surface area contributed by atoms with E-state index in [4.69, 9.17) is 7.85 Å². The van der Waals surface area contributed by atoms with Crippen LogP contribution < -0.4 is 0 Å². The summed E-state index contributed by atoms with van der Waals surface area (Å²) in [4.78, 5) is 22.1. The number of ketones is 2. The van der Waals surface area contributed by atoms with Gasteiger partial charge in [-0.2, -0.15) is 0 Å². The number of carbonyl (C=O) groups is 2. The summed E-state index contributed by atoms with van der Waals surface area (Å²) in [5.41, 5.74) is -0.848. The lowest BCUT2D eigenvalue weighted by Crippen LogP contribution is -2.31. The lowest BCUT2D eigenvalue weighted by atomic mass is 9.80. The van der Waals surface area contributed by atoms with Crippen molar-refractivity contribution in [3.05, 3.63) is 0 Å². The van der Waals surface area contributed by atoms with Crippen LogP contribution in [0.5, 0.6) is 0 Å². The van der Waals surface area contributed by atoms with Crippen molar-refractivity contribution in [1.29, 1.82) is 0 Å². The minimum atomic E-state index is -0.848. The van der Waals surface area contributed by atoms with E-state index in [-0.39, 0.29) is 18.0 Å². The summed E-state index contributed by atoms with van der Waals surface area (Å²) in [7, 11) is 5.19. The highest BCUT2D eigenvalue weighted by atomic mass is 16.2.